The van der Waals surface area contributed by atoms with Crippen LogP contribution in [-0.4, -0.2) is 52.0 Å². The van der Waals surface area contributed by atoms with Crippen molar-refractivity contribution >= 4 is 6.03 Å². The Balaban J connectivity index is 1.37. The second kappa shape index (κ2) is 8.99. The van der Waals surface area contributed by atoms with Crippen molar-refractivity contribution in [2.24, 2.45) is 5.92 Å². The van der Waals surface area contributed by atoms with Gasteiger partial charge in [0.15, 0.2) is 0 Å². The summed E-state index contributed by atoms with van der Waals surface area (Å²) in [7, 11) is 0. The number of hydrogen-bond acceptors (Lipinski definition) is 4. The third kappa shape index (κ3) is 4.29. The molecule has 1 saturated heterocycles. The summed E-state index contributed by atoms with van der Waals surface area (Å²) in [5.41, 5.74) is 5.34. The van der Waals surface area contributed by atoms with Crippen LogP contribution in [0.15, 0.2) is 48.8 Å². The normalized spacial score (nSPS) is 16.5. The molecule has 0 unspecified atom stereocenters. The van der Waals surface area contributed by atoms with Crippen molar-refractivity contribution in [3.8, 4) is 34.3 Å². The predicted molar refractivity (Wildman–Crippen MR) is 125 cm³/mol. The Morgan fingerprint density at radius 2 is 1.85 bits per heavy atom. The Kier molecular flexibility index (Phi) is 5.74. The van der Waals surface area contributed by atoms with E-state index in [2.05, 4.69) is 59.4 Å². The van der Waals surface area contributed by atoms with Crippen LogP contribution in [0.1, 0.15) is 24.0 Å². The maximum absolute atomic E-state index is 13.2. The molecule has 0 bridgehead atoms. The van der Waals surface area contributed by atoms with E-state index in [1.54, 1.807) is 6.20 Å². The highest BCUT2D eigenvalue weighted by atomic mass is 16.5. The molecule has 0 spiro atoms. The highest BCUT2D eigenvalue weighted by Crippen LogP contribution is 2.34. The third-order valence-electron chi connectivity index (χ3n) is 6.53. The quantitative estimate of drug-likeness (QED) is 0.630. The molecule has 0 radical (unpaired) electrons. The number of H-pyrrole nitrogens is 1. The first-order valence-electron chi connectivity index (χ1n) is 11.4. The number of aryl methyl sites for hydroxylation is 1. The molecule has 1 N–H and O–H groups in total. The molecule has 7 nitrogen and oxygen atoms in total. The molecule has 3 aromatic rings. The lowest BCUT2D eigenvalue weighted by Crippen LogP contribution is -2.46. The molecule has 1 fully saturated rings. The Hall–Kier alpha value is -3.79. The molecule has 2 aliphatic heterocycles. The van der Waals surface area contributed by atoms with Gasteiger partial charge >= 0.3 is 6.03 Å². The largest absolute Gasteiger partial charge is 0.491 e. The van der Waals surface area contributed by atoms with E-state index in [-0.39, 0.29) is 11.9 Å². The number of aromatic amines is 1. The smallest absolute Gasteiger partial charge is 0.320 e. The van der Waals surface area contributed by atoms with Crippen molar-refractivity contribution < 1.29 is 9.53 Å². The number of fused-ring (bicyclic) bond motifs is 1. The summed E-state index contributed by atoms with van der Waals surface area (Å²) in [4.78, 5) is 24.4. The molecule has 0 atom stereocenters. The number of nitrogens with one attached hydrogen (secondary N) is 1. The number of rotatable bonds is 2. The molecule has 0 saturated carbocycles. The minimum Gasteiger partial charge on any atom is -0.491 e. The highest BCUT2D eigenvalue weighted by Gasteiger charge is 2.28. The molecule has 0 aliphatic carbocycles. The van der Waals surface area contributed by atoms with Gasteiger partial charge in [-0.25, -0.2) is 9.78 Å². The van der Waals surface area contributed by atoms with E-state index in [1.807, 2.05) is 16.0 Å². The SMILES string of the molecule is Cc1cc(-c2ccc(-c3ncc[nH]3)cc2)cc2c1OCCN(C(=O)N1CCC(C#N)CC1)C2. The van der Waals surface area contributed by atoms with Gasteiger partial charge in [0.2, 0.25) is 0 Å². The molecular formula is C26H27N5O2. The van der Waals surface area contributed by atoms with E-state index in [0.29, 0.717) is 32.8 Å². The van der Waals surface area contributed by atoms with Gasteiger partial charge in [-0.15, -0.1) is 0 Å². The van der Waals surface area contributed by atoms with Gasteiger partial charge in [0, 0.05) is 42.5 Å². The van der Waals surface area contributed by atoms with Crippen LogP contribution < -0.4 is 4.74 Å². The zero-order valence-electron chi connectivity index (χ0n) is 18.8. The average molecular weight is 442 g/mol. The second-order valence-electron chi connectivity index (χ2n) is 8.74. The highest BCUT2D eigenvalue weighted by molar-refractivity contribution is 5.75. The zero-order valence-corrected chi connectivity index (χ0v) is 18.8. The first kappa shape index (κ1) is 21.1. The molecule has 5 rings (SSSR count). The number of nitriles is 1. The van der Waals surface area contributed by atoms with E-state index in [1.165, 1.54) is 0 Å². The number of hydrogen-bond donors (Lipinski definition) is 1. The van der Waals surface area contributed by atoms with Crippen LogP contribution >= 0.6 is 0 Å². The maximum Gasteiger partial charge on any atom is 0.320 e. The Morgan fingerprint density at radius 1 is 1.09 bits per heavy atom. The number of carbonyl (C=O) groups excluding carboxylic acids is 1. The topological polar surface area (TPSA) is 85.2 Å². The van der Waals surface area contributed by atoms with Crippen molar-refractivity contribution in [1.29, 1.82) is 5.26 Å². The Labute approximate surface area is 193 Å². The summed E-state index contributed by atoms with van der Waals surface area (Å²) in [6.07, 6.45) is 5.07. The first-order chi connectivity index (χ1) is 16.1. The monoisotopic (exact) mass is 441 g/mol. The summed E-state index contributed by atoms with van der Waals surface area (Å²) < 4.78 is 6.07. The lowest BCUT2D eigenvalue weighted by atomic mass is 9.98. The number of likely N-dealkylation sites (tertiary alicyclic amines) is 1. The lowest BCUT2D eigenvalue weighted by Gasteiger charge is -2.33. The molecule has 2 amide bonds. The van der Waals surface area contributed by atoms with Crippen LogP contribution in [0, 0.1) is 24.2 Å². The number of ether oxygens (including phenoxy) is 1. The molecule has 2 aliphatic rings. The van der Waals surface area contributed by atoms with Gasteiger partial charge in [-0.1, -0.05) is 24.3 Å². The van der Waals surface area contributed by atoms with Crippen LogP contribution in [0.3, 0.4) is 0 Å². The summed E-state index contributed by atoms with van der Waals surface area (Å²) in [5.74, 6) is 1.79. The summed E-state index contributed by atoms with van der Waals surface area (Å²) in [6.45, 7) is 4.89. The number of amides is 2. The van der Waals surface area contributed by atoms with Crippen LogP contribution in [-0.2, 0) is 6.54 Å². The number of imidazole rings is 1. The molecule has 1 aromatic heterocycles. The summed E-state index contributed by atoms with van der Waals surface area (Å²) >= 11 is 0. The fourth-order valence-electron chi connectivity index (χ4n) is 4.69. The number of benzene rings is 2. The fraction of sp³-hybridized carbons (Fsp3) is 0.346. The minimum atomic E-state index is 0.0358. The van der Waals surface area contributed by atoms with Crippen LogP contribution in [0.4, 0.5) is 4.79 Å². The van der Waals surface area contributed by atoms with E-state index in [9.17, 15) is 4.79 Å². The second-order valence-corrected chi connectivity index (χ2v) is 8.74. The van der Waals surface area contributed by atoms with Crippen molar-refractivity contribution in [3.05, 3.63) is 59.9 Å². The summed E-state index contributed by atoms with van der Waals surface area (Å²) in [5, 5.41) is 9.14. The van der Waals surface area contributed by atoms with Gasteiger partial charge < -0.3 is 19.5 Å². The average Bonchev–Trinajstić information content (AvgIpc) is 3.30. The number of urea groups is 1. The fourth-order valence-corrected chi connectivity index (χ4v) is 4.69. The van der Waals surface area contributed by atoms with Gasteiger partial charge in [0.1, 0.15) is 18.2 Å². The number of piperidine rings is 1. The molecular weight excluding hydrogens is 414 g/mol. The number of nitrogens with zero attached hydrogens (tertiary/aromatic N) is 4. The van der Waals surface area contributed by atoms with Crippen molar-refractivity contribution in [3.63, 3.8) is 0 Å². The predicted octanol–water partition coefficient (Wildman–Crippen LogP) is 4.60. The van der Waals surface area contributed by atoms with Crippen molar-refractivity contribution in [1.82, 2.24) is 19.8 Å². The van der Waals surface area contributed by atoms with E-state index in [0.717, 1.165) is 52.2 Å². The minimum absolute atomic E-state index is 0.0358. The Bertz CT molecular complexity index is 1170. The number of aromatic nitrogens is 2. The number of carbonyl (C=O) groups is 1. The van der Waals surface area contributed by atoms with Crippen LogP contribution in [0.5, 0.6) is 5.75 Å². The van der Waals surface area contributed by atoms with E-state index >= 15 is 0 Å². The van der Waals surface area contributed by atoms with Gasteiger partial charge in [-0.3, -0.25) is 0 Å². The molecule has 7 heteroatoms. The maximum atomic E-state index is 13.2. The molecule has 168 valence electrons. The summed E-state index contributed by atoms with van der Waals surface area (Å²) in [6, 6.07) is 15.0. The Morgan fingerprint density at radius 3 is 2.55 bits per heavy atom. The van der Waals surface area contributed by atoms with E-state index in [4.69, 9.17) is 10.00 Å². The lowest BCUT2D eigenvalue weighted by molar-refractivity contribution is 0.132. The van der Waals surface area contributed by atoms with Crippen LogP contribution in [0.2, 0.25) is 0 Å². The standard InChI is InChI=1S/C26H27N5O2/c1-18-14-22(20-2-4-21(5-3-20)25-28-8-9-29-25)15-23-17-31(12-13-33-24(18)23)26(32)30-10-6-19(16-27)7-11-30/h2-5,8-9,14-15,19H,6-7,10-13,17H2,1H3,(H,28,29). The molecule has 2 aromatic carbocycles. The van der Waals surface area contributed by atoms with Gasteiger partial charge in [0.05, 0.1) is 19.2 Å². The zero-order chi connectivity index (χ0) is 22.8. The third-order valence-corrected chi connectivity index (χ3v) is 6.53. The molecule has 3 heterocycles. The van der Waals surface area contributed by atoms with Crippen molar-refractivity contribution in [2.45, 2.75) is 26.3 Å². The van der Waals surface area contributed by atoms with Crippen LogP contribution in [0.25, 0.3) is 22.5 Å². The van der Waals surface area contributed by atoms with Gasteiger partial charge in [-0.2, -0.15) is 5.26 Å². The van der Waals surface area contributed by atoms with Gasteiger partial charge in [-0.05, 0) is 48.6 Å². The van der Waals surface area contributed by atoms with E-state index < -0.39 is 0 Å². The van der Waals surface area contributed by atoms with Crippen molar-refractivity contribution in [2.75, 3.05) is 26.2 Å². The molecule has 33 heavy (non-hydrogen) atoms. The first-order valence-corrected chi connectivity index (χ1v) is 11.4. The van der Waals surface area contributed by atoms with Gasteiger partial charge in [0.25, 0.3) is 0 Å².